The third kappa shape index (κ3) is 3.00. The zero-order valence-corrected chi connectivity index (χ0v) is 16.0. The minimum atomic E-state index is -0.0687. The number of hydrogen-bond donors (Lipinski definition) is 1. The molecule has 1 fully saturated rings. The van der Waals surface area contributed by atoms with Crippen molar-refractivity contribution < 1.29 is 4.79 Å². The molecule has 0 aromatic heterocycles. The number of carbonyl (C=O) groups is 1. The summed E-state index contributed by atoms with van der Waals surface area (Å²) in [6, 6.07) is 13.1. The Balaban J connectivity index is 1.85. The van der Waals surface area contributed by atoms with Gasteiger partial charge < -0.3 is 10.2 Å². The summed E-state index contributed by atoms with van der Waals surface area (Å²) in [5.74, 6) is 0.706. The molecule has 3 atom stereocenters. The van der Waals surface area contributed by atoms with Crippen molar-refractivity contribution in [1.82, 2.24) is 0 Å². The number of hydrogen-bond acceptors (Lipinski definition) is 2. The number of nitrogens with one attached hydrogen (secondary N) is 1. The van der Waals surface area contributed by atoms with Crippen LogP contribution in [0, 0.1) is 25.0 Å². The van der Waals surface area contributed by atoms with Gasteiger partial charge in [0.2, 0.25) is 11.6 Å². The van der Waals surface area contributed by atoms with E-state index in [1.165, 1.54) is 0 Å². The Hall–Kier alpha value is -3.31. The van der Waals surface area contributed by atoms with Gasteiger partial charge in [0.05, 0.1) is 19.2 Å². The molecular formula is C23H22N4O. The largest absolute Gasteiger partial charge is 0.386 e. The van der Waals surface area contributed by atoms with E-state index < -0.39 is 0 Å². The molecule has 0 bridgehead atoms. The maximum Gasteiger partial charge on any atom is 0.224 e. The van der Waals surface area contributed by atoms with Gasteiger partial charge in [-0.25, -0.2) is 9.69 Å². The van der Waals surface area contributed by atoms with Crippen molar-refractivity contribution in [1.29, 1.82) is 0 Å². The predicted molar refractivity (Wildman–Crippen MR) is 111 cm³/mol. The molecule has 1 aliphatic heterocycles. The third-order valence-electron chi connectivity index (χ3n) is 5.88. The smallest absolute Gasteiger partial charge is 0.224 e. The van der Waals surface area contributed by atoms with Crippen molar-refractivity contribution in [2.24, 2.45) is 11.8 Å². The van der Waals surface area contributed by atoms with E-state index in [2.05, 4.69) is 21.9 Å². The average Bonchev–Trinajstić information content (AvgIpc) is 3.54. The summed E-state index contributed by atoms with van der Waals surface area (Å²) in [5.41, 5.74) is 3.76. The van der Waals surface area contributed by atoms with E-state index >= 15 is 0 Å². The molecule has 1 N–H and O–H groups in total. The second-order valence-electron chi connectivity index (χ2n) is 7.68. The number of benzene rings is 2. The fourth-order valence-corrected chi connectivity index (χ4v) is 4.48. The van der Waals surface area contributed by atoms with Gasteiger partial charge in [0, 0.05) is 30.3 Å². The Bertz CT molecular complexity index is 1010. The third-order valence-corrected chi connectivity index (χ3v) is 5.88. The molecule has 140 valence electrons. The Kier molecular flexibility index (Phi) is 4.53. The average molecular weight is 370 g/mol. The van der Waals surface area contributed by atoms with Crippen LogP contribution in [0.1, 0.15) is 38.3 Å². The lowest BCUT2D eigenvalue weighted by Crippen LogP contribution is -2.51. The number of nitrogens with zero attached hydrogens (tertiary/aromatic N) is 3. The van der Waals surface area contributed by atoms with Crippen LogP contribution >= 0.6 is 0 Å². The molecule has 0 radical (unpaired) electrons. The minimum absolute atomic E-state index is 0.0422. The van der Waals surface area contributed by atoms with Gasteiger partial charge in [-0.15, -0.1) is 0 Å². The van der Waals surface area contributed by atoms with Crippen molar-refractivity contribution in [3.63, 3.8) is 0 Å². The zero-order valence-electron chi connectivity index (χ0n) is 16.0. The van der Waals surface area contributed by atoms with Crippen molar-refractivity contribution in [2.45, 2.75) is 38.8 Å². The van der Waals surface area contributed by atoms with Crippen LogP contribution in [-0.2, 0) is 4.79 Å². The Morgan fingerprint density at radius 2 is 1.89 bits per heavy atom. The van der Waals surface area contributed by atoms with E-state index in [1.807, 2.05) is 35.2 Å². The summed E-state index contributed by atoms with van der Waals surface area (Å²) >= 11 is 0. The number of para-hydroxylation sites is 2. The standard InChI is InChI=1S/C23H22N4O/c1-14-22(26-20-8-6-5-7-19(20)25-4)18-13-17(24-3)11-12-21(18)27(15(2)28)23(14)16-9-10-16/h5-8,11-14,16,22-23,26H,9-10H2,1-2H3/t14-,22-,23-/m1/s1. The molecule has 0 unspecified atom stereocenters. The number of amides is 1. The van der Waals surface area contributed by atoms with Crippen LogP contribution in [-0.4, -0.2) is 11.9 Å². The summed E-state index contributed by atoms with van der Waals surface area (Å²) in [6.45, 7) is 18.7. The molecule has 2 aliphatic rings. The molecule has 5 heteroatoms. The maximum atomic E-state index is 12.6. The Morgan fingerprint density at radius 3 is 2.54 bits per heavy atom. The lowest BCUT2D eigenvalue weighted by Gasteiger charge is -2.46. The summed E-state index contributed by atoms with van der Waals surface area (Å²) in [6.07, 6.45) is 2.28. The first-order valence-electron chi connectivity index (χ1n) is 9.59. The monoisotopic (exact) mass is 370 g/mol. The number of carbonyl (C=O) groups excluding carboxylic acids is 1. The van der Waals surface area contributed by atoms with Gasteiger partial charge in [0.15, 0.2) is 5.69 Å². The molecular weight excluding hydrogens is 348 g/mol. The van der Waals surface area contributed by atoms with Gasteiger partial charge in [0.25, 0.3) is 0 Å². The van der Waals surface area contributed by atoms with E-state index in [-0.39, 0.29) is 23.9 Å². The molecule has 1 amide bonds. The molecule has 2 aromatic carbocycles. The summed E-state index contributed by atoms with van der Waals surface area (Å²) in [5, 5.41) is 3.58. The van der Waals surface area contributed by atoms with Gasteiger partial charge >= 0.3 is 0 Å². The maximum absolute atomic E-state index is 12.6. The second kappa shape index (κ2) is 7.02. The molecule has 4 rings (SSSR count). The fraction of sp³-hybridized carbons (Fsp3) is 0.348. The number of anilines is 2. The van der Waals surface area contributed by atoms with Crippen molar-refractivity contribution in [3.8, 4) is 0 Å². The predicted octanol–water partition coefficient (Wildman–Crippen LogP) is 5.72. The van der Waals surface area contributed by atoms with E-state index in [0.717, 1.165) is 29.8 Å². The van der Waals surface area contributed by atoms with Crippen LogP contribution in [0.15, 0.2) is 42.5 Å². The van der Waals surface area contributed by atoms with Crippen molar-refractivity contribution >= 4 is 28.7 Å². The SMILES string of the molecule is [C-]#[N+]c1ccc2c(c1)[C@H](Nc1ccccc1[N+]#[C-])[C@@H](C)[C@H](C1CC1)N2C(C)=O. The number of fused-ring (bicyclic) bond motifs is 1. The van der Waals surface area contributed by atoms with E-state index in [0.29, 0.717) is 17.3 Å². The zero-order chi connectivity index (χ0) is 19.8. The van der Waals surface area contributed by atoms with Gasteiger partial charge in [-0.05, 0) is 42.5 Å². The first-order chi connectivity index (χ1) is 13.5. The molecule has 5 nitrogen and oxygen atoms in total. The van der Waals surface area contributed by atoms with Crippen LogP contribution in [0.5, 0.6) is 0 Å². The Morgan fingerprint density at radius 1 is 1.14 bits per heavy atom. The van der Waals surface area contributed by atoms with Crippen LogP contribution in [0.4, 0.5) is 22.7 Å². The normalized spacial score (nSPS) is 23.3. The molecule has 1 saturated carbocycles. The lowest BCUT2D eigenvalue weighted by molar-refractivity contribution is -0.117. The summed E-state index contributed by atoms with van der Waals surface area (Å²) < 4.78 is 0. The fourth-order valence-electron chi connectivity index (χ4n) is 4.48. The highest BCUT2D eigenvalue weighted by atomic mass is 16.2. The van der Waals surface area contributed by atoms with Gasteiger partial charge in [-0.3, -0.25) is 4.79 Å². The highest BCUT2D eigenvalue weighted by molar-refractivity contribution is 5.94. The summed E-state index contributed by atoms with van der Waals surface area (Å²) in [7, 11) is 0. The van der Waals surface area contributed by atoms with Gasteiger partial charge in [-0.2, -0.15) is 0 Å². The van der Waals surface area contributed by atoms with Crippen molar-refractivity contribution in [2.75, 3.05) is 10.2 Å². The minimum Gasteiger partial charge on any atom is -0.386 e. The van der Waals surface area contributed by atoms with Crippen LogP contribution < -0.4 is 10.2 Å². The second-order valence-corrected chi connectivity index (χ2v) is 7.68. The quantitative estimate of drug-likeness (QED) is 0.702. The van der Waals surface area contributed by atoms with E-state index in [4.69, 9.17) is 13.1 Å². The molecule has 2 aromatic rings. The highest BCUT2D eigenvalue weighted by Gasteiger charge is 2.47. The van der Waals surface area contributed by atoms with E-state index in [9.17, 15) is 4.79 Å². The van der Waals surface area contributed by atoms with Crippen LogP contribution in [0.25, 0.3) is 9.69 Å². The van der Waals surface area contributed by atoms with Gasteiger partial charge in [0.1, 0.15) is 0 Å². The van der Waals surface area contributed by atoms with E-state index in [1.54, 1.807) is 19.1 Å². The van der Waals surface area contributed by atoms with Gasteiger partial charge in [-0.1, -0.05) is 31.2 Å². The topological polar surface area (TPSA) is 41.1 Å². The number of rotatable bonds is 3. The Labute approximate surface area is 165 Å². The lowest BCUT2D eigenvalue weighted by atomic mass is 9.79. The molecule has 28 heavy (non-hydrogen) atoms. The molecule has 0 spiro atoms. The van der Waals surface area contributed by atoms with Crippen LogP contribution in [0.3, 0.4) is 0 Å². The summed E-state index contributed by atoms with van der Waals surface area (Å²) in [4.78, 5) is 21.7. The highest BCUT2D eigenvalue weighted by Crippen LogP contribution is 2.51. The first kappa shape index (κ1) is 18.1. The first-order valence-corrected chi connectivity index (χ1v) is 9.59. The molecule has 1 heterocycles. The molecule has 0 saturated heterocycles. The van der Waals surface area contributed by atoms with Crippen molar-refractivity contribution in [3.05, 3.63) is 70.9 Å². The molecule has 1 aliphatic carbocycles. The van der Waals surface area contributed by atoms with Crippen LogP contribution in [0.2, 0.25) is 0 Å².